The molecule has 0 radical (unpaired) electrons. The summed E-state index contributed by atoms with van der Waals surface area (Å²) in [6.07, 6.45) is -0.713. The van der Waals surface area contributed by atoms with Crippen molar-refractivity contribution in [3.05, 3.63) is 107 Å². The molecule has 2 atom stereocenters. The Kier molecular flexibility index (Phi) is 3.21. The quantitative estimate of drug-likeness (QED) is 0.676. The maximum atomic E-state index is 13.4. The Morgan fingerprint density at radius 1 is 0.692 bits per heavy atom. The van der Waals surface area contributed by atoms with E-state index in [1.165, 1.54) is 0 Å². The van der Waals surface area contributed by atoms with Gasteiger partial charge in [0.15, 0.2) is 23.3 Å². The van der Waals surface area contributed by atoms with E-state index in [0.29, 0.717) is 11.1 Å². The molecule has 5 rings (SSSR count). The van der Waals surface area contributed by atoms with Crippen molar-refractivity contribution in [2.45, 2.75) is 17.6 Å². The third-order valence-electron chi connectivity index (χ3n) is 5.37. The molecule has 1 aliphatic heterocycles. The molecule has 3 nitrogen and oxygen atoms in total. The molecule has 0 N–H and O–H groups in total. The molecule has 2 aliphatic rings. The zero-order valence-electron chi connectivity index (χ0n) is 14.0. The molecule has 1 fully saturated rings. The van der Waals surface area contributed by atoms with E-state index >= 15 is 0 Å². The molecule has 1 saturated heterocycles. The van der Waals surface area contributed by atoms with Gasteiger partial charge in [-0.05, 0) is 11.1 Å². The summed E-state index contributed by atoms with van der Waals surface area (Å²) < 4.78 is 5.94. The molecule has 0 bridgehead atoms. The topological polar surface area (TPSA) is 46.7 Å². The SMILES string of the molecule is O=C1c2ccccc2C(=O)[C@]2(C(c3ccccc3)c3ccccc3)O[C@H]12. The highest BCUT2D eigenvalue weighted by atomic mass is 16.6. The number of hydrogen-bond donors (Lipinski definition) is 0. The van der Waals surface area contributed by atoms with Crippen molar-refractivity contribution in [3.8, 4) is 0 Å². The van der Waals surface area contributed by atoms with Gasteiger partial charge < -0.3 is 4.74 Å². The van der Waals surface area contributed by atoms with E-state index < -0.39 is 11.7 Å². The summed E-state index contributed by atoms with van der Waals surface area (Å²) in [5.41, 5.74) is 1.73. The molecular weight excluding hydrogens is 324 g/mol. The molecular formula is C23H16O3. The predicted octanol–water partition coefficient (Wildman–Crippen LogP) is 4.04. The highest BCUT2D eigenvalue weighted by molar-refractivity contribution is 6.23. The summed E-state index contributed by atoms with van der Waals surface area (Å²) in [4.78, 5) is 26.3. The van der Waals surface area contributed by atoms with Crippen molar-refractivity contribution in [1.29, 1.82) is 0 Å². The Labute approximate surface area is 151 Å². The normalized spacial score (nSPS) is 23.5. The molecule has 3 aromatic rings. The van der Waals surface area contributed by atoms with E-state index in [1.807, 2.05) is 60.7 Å². The van der Waals surface area contributed by atoms with Gasteiger partial charge in [-0.3, -0.25) is 9.59 Å². The third-order valence-corrected chi connectivity index (χ3v) is 5.37. The molecule has 1 aliphatic carbocycles. The molecule has 0 saturated carbocycles. The summed E-state index contributed by atoms with van der Waals surface area (Å²) in [5, 5.41) is 0. The van der Waals surface area contributed by atoms with Crippen LogP contribution < -0.4 is 0 Å². The zero-order chi connectivity index (χ0) is 17.7. The molecule has 0 aromatic heterocycles. The van der Waals surface area contributed by atoms with Crippen LogP contribution in [0.25, 0.3) is 0 Å². The van der Waals surface area contributed by atoms with Gasteiger partial charge in [-0.15, -0.1) is 0 Å². The maximum Gasteiger partial charge on any atom is 0.199 e. The van der Waals surface area contributed by atoms with Crippen molar-refractivity contribution in [2.24, 2.45) is 0 Å². The second kappa shape index (κ2) is 5.48. The van der Waals surface area contributed by atoms with E-state index in [1.54, 1.807) is 24.3 Å². The lowest BCUT2D eigenvalue weighted by Gasteiger charge is -2.27. The van der Waals surface area contributed by atoms with Crippen molar-refractivity contribution in [3.63, 3.8) is 0 Å². The van der Waals surface area contributed by atoms with Crippen LogP contribution in [0.3, 0.4) is 0 Å². The number of epoxide rings is 1. The van der Waals surface area contributed by atoms with Gasteiger partial charge in [-0.2, -0.15) is 0 Å². The Morgan fingerprint density at radius 2 is 1.19 bits per heavy atom. The Bertz CT molecular complexity index is 970. The molecule has 1 heterocycles. The predicted molar refractivity (Wildman–Crippen MR) is 97.4 cm³/mol. The van der Waals surface area contributed by atoms with Gasteiger partial charge >= 0.3 is 0 Å². The summed E-state index contributed by atoms with van der Waals surface area (Å²) in [5.74, 6) is -0.521. The van der Waals surface area contributed by atoms with Gasteiger partial charge in [0.25, 0.3) is 0 Å². The van der Waals surface area contributed by atoms with Crippen molar-refractivity contribution in [2.75, 3.05) is 0 Å². The molecule has 26 heavy (non-hydrogen) atoms. The number of carbonyl (C=O) groups is 2. The summed E-state index contributed by atoms with van der Waals surface area (Å²) >= 11 is 0. The van der Waals surface area contributed by atoms with Gasteiger partial charge in [0.2, 0.25) is 0 Å². The number of ketones is 2. The van der Waals surface area contributed by atoms with Gasteiger partial charge in [0.05, 0.1) is 0 Å². The first kappa shape index (κ1) is 15.2. The van der Waals surface area contributed by atoms with Crippen LogP contribution in [0.5, 0.6) is 0 Å². The lowest BCUT2D eigenvalue weighted by Crippen LogP contribution is -2.42. The summed E-state index contributed by atoms with van der Waals surface area (Å²) in [7, 11) is 0. The minimum Gasteiger partial charge on any atom is -0.348 e. The largest absolute Gasteiger partial charge is 0.348 e. The van der Waals surface area contributed by atoms with Crippen LogP contribution in [-0.4, -0.2) is 23.3 Å². The number of rotatable bonds is 3. The van der Waals surface area contributed by atoms with Gasteiger partial charge in [-0.25, -0.2) is 0 Å². The minimum absolute atomic E-state index is 0.0999. The number of carbonyl (C=O) groups excluding carboxylic acids is 2. The second-order valence-electron chi connectivity index (χ2n) is 6.78. The Balaban J connectivity index is 1.72. The van der Waals surface area contributed by atoms with E-state index in [9.17, 15) is 9.59 Å². The van der Waals surface area contributed by atoms with Crippen LogP contribution >= 0.6 is 0 Å². The Hall–Kier alpha value is -3.04. The first-order chi connectivity index (χ1) is 12.7. The van der Waals surface area contributed by atoms with Crippen LogP contribution in [0.4, 0.5) is 0 Å². The average Bonchev–Trinajstić information content (AvgIpc) is 3.45. The molecule has 0 amide bonds. The molecule has 3 aromatic carbocycles. The minimum atomic E-state index is -1.14. The van der Waals surface area contributed by atoms with Crippen LogP contribution in [0.2, 0.25) is 0 Å². The summed E-state index contributed by atoms with van der Waals surface area (Å²) in [6, 6.07) is 26.6. The second-order valence-corrected chi connectivity index (χ2v) is 6.78. The number of ether oxygens (including phenoxy) is 1. The van der Waals surface area contributed by atoms with Gasteiger partial charge in [0, 0.05) is 17.0 Å². The first-order valence-corrected chi connectivity index (χ1v) is 8.69. The van der Waals surface area contributed by atoms with Crippen LogP contribution in [0.15, 0.2) is 84.9 Å². The van der Waals surface area contributed by atoms with E-state index in [4.69, 9.17) is 4.74 Å². The maximum absolute atomic E-state index is 13.4. The number of hydrogen-bond acceptors (Lipinski definition) is 3. The van der Waals surface area contributed by atoms with Gasteiger partial charge in [0.1, 0.15) is 0 Å². The fraction of sp³-hybridized carbons (Fsp3) is 0.130. The molecule has 0 unspecified atom stereocenters. The molecule has 0 spiro atoms. The number of Topliss-reactive ketones (excluding diaryl/α,β-unsaturated/α-hetero) is 2. The van der Waals surface area contributed by atoms with Crippen LogP contribution in [0, 0.1) is 0 Å². The molecule has 3 heteroatoms. The monoisotopic (exact) mass is 340 g/mol. The number of benzene rings is 3. The van der Waals surface area contributed by atoms with Gasteiger partial charge in [-0.1, -0.05) is 84.9 Å². The van der Waals surface area contributed by atoms with E-state index in [2.05, 4.69) is 0 Å². The average molecular weight is 340 g/mol. The van der Waals surface area contributed by atoms with Crippen molar-refractivity contribution < 1.29 is 14.3 Å². The zero-order valence-corrected chi connectivity index (χ0v) is 14.0. The summed E-state index contributed by atoms with van der Waals surface area (Å²) in [6.45, 7) is 0. The van der Waals surface area contributed by atoms with Crippen molar-refractivity contribution >= 4 is 11.6 Å². The van der Waals surface area contributed by atoms with Crippen LogP contribution in [0.1, 0.15) is 37.8 Å². The smallest absolute Gasteiger partial charge is 0.199 e. The van der Waals surface area contributed by atoms with E-state index in [-0.39, 0.29) is 17.5 Å². The number of fused-ring (bicyclic) bond motifs is 2. The lowest BCUT2D eigenvalue weighted by molar-refractivity contribution is 0.0845. The standard InChI is InChI=1S/C23H16O3/c24-20-17-13-7-8-14-18(17)21(25)23(22(20)26-23)19(15-9-3-1-4-10-15)16-11-5-2-6-12-16/h1-14,19,22H/t22-,23+/m1/s1. The lowest BCUT2D eigenvalue weighted by atomic mass is 9.70. The highest BCUT2D eigenvalue weighted by Crippen LogP contribution is 2.56. The van der Waals surface area contributed by atoms with E-state index in [0.717, 1.165) is 11.1 Å². The Morgan fingerprint density at radius 3 is 1.77 bits per heavy atom. The fourth-order valence-corrected chi connectivity index (χ4v) is 4.16. The molecule has 126 valence electrons. The van der Waals surface area contributed by atoms with Crippen LogP contribution in [-0.2, 0) is 4.74 Å². The first-order valence-electron chi connectivity index (χ1n) is 8.69. The third kappa shape index (κ3) is 1.98. The fourth-order valence-electron chi connectivity index (χ4n) is 4.16. The van der Waals surface area contributed by atoms with Crippen molar-refractivity contribution in [1.82, 2.24) is 0 Å². The highest BCUT2D eigenvalue weighted by Gasteiger charge is 2.72.